The van der Waals surface area contributed by atoms with E-state index in [1.54, 1.807) is 30.3 Å². The van der Waals surface area contributed by atoms with Crippen molar-refractivity contribution in [1.29, 1.82) is 0 Å². The molecule has 7 nitrogen and oxygen atoms in total. The van der Waals surface area contributed by atoms with Crippen LogP contribution < -0.4 is 10.6 Å². The minimum atomic E-state index is -0.592. The van der Waals surface area contributed by atoms with Crippen molar-refractivity contribution < 1.29 is 23.5 Å². The molecule has 0 bridgehead atoms. The third-order valence-electron chi connectivity index (χ3n) is 3.74. The van der Waals surface area contributed by atoms with Crippen LogP contribution in [-0.2, 0) is 14.3 Å². The van der Waals surface area contributed by atoms with Crippen molar-refractivity contribution in [3.63, 3.8) is 0 Å². The molecule has 0 atom stereocenters. The largest absolute Gasteiger partial charge is 0.457 e. The fourth-order valence-corrected chi connectivity index (χ4v) is 2.47. The van der Waals surface area contributed by atoms with Crippen molar-refractivity contribution in [3.05, 3.63) is 66.4 Å². The topological polar surface area (TPSA) is 89.8 Å². The molecule has 3 rings (SSSR count). The predicted molar refractivity (Wildman–Crippen MR) is 107 cm³/mol. The highest BCUT2D eigenvalue weighted by Crippen LogP contribution is 2.20. The predicted octanol–water partition coefficient (Wildman–Crippen LogP) is 4.28. The van der Waals surface area contributed by atoms with Gasteiger partial charge in [-0.05, 0) is 36.4 Å². The fourth-order valence-electron chi connectivity index (χ4n) is 2.47. The second-order valence-electron chi connectivity index (χ2n) is 5.84. The smallest absolute Gasteiger partial charge is 0.411 e. The fraction of sp³-hybridized carbons (Fsp3) is 0.143. The van der Waals surface area contributed by atoms with E-state index < -0.39 is 6.09 Å². The summed E-state index contributed by atoms with van der Waals surface area (Å²) in [6, 6.07) is 16.2. The number of rotatable bonds is 7. The first kappa shape index (κ1) is 19.2. The van der Waals surface area contributed by atoms with E-state index in [0.717, 1.165) is 11.0 Å². The second-order valence-corrected chi connectivity index (χ2v) is 5.84. The maximum atomic E-state index is 12.1. The monoisotopic (exact) mass is 380 g/mol. The lowest BCUT2D eigenvalue weighted by molar-refractivity contribution is -0.111. The van der Waals surface area contributed by atoms with Gasteiger partial charge in [-0.2, -0.15) is 0 Å². The van der Waals surface area contributed by atoms with E-state index in [0.29, 0.717) is 23.7 Å². The number of furan rings is 1. The summed E-state index contributed by atoms with van der Waals surface area (Å²) in [5.41, 5.74) is 1.80. The van der Waals surface area contributed by atoms with Crippen LogP contribution in [0.1, 0.15) is 5.76 Å². The maximum Gasteiger partial charge on any atom is 0.411 e. The zero-order chi connectivity index (χ0) is 19.8. The molecule has 0 saturated carbocycles. The van der Waals surface area contributed by atoms with Gasteiger partial charge in [-0.15, -0.1) is 0 Å². The number of amides is 2. The molecule has 0 aliphatic carbocycles. The average molecular weight is 380 g/mol. The Morgan fingerprint density at radius 1 is 1.00 bits per heavy atom. The molecule has 0 spiro atoms. The summed E-state index contributed by atoms with van der Waals surface area (Å²) in [6.07, 6.45) is 2.40. The van der Waals surface area contributed by atoms with Crippen LogP contribution in [0.15, 0.2) is 65.1 Å². The lowest BCUT2D eigenvalue weighted by Crippen LogP contribution is -2.16. The molecule has 1 heterocycles. The average Bonchev–Trinajstić information content (AvgIpc) is 3.10. The molecule has 0 unspecified atom stereocenters. The van der Waals surface area contributed by atoms with Crippen LogP contribution in [0.2, 0.25) is 0 Å². The number of benzene rings is 2. The SMILES string of the molecule is COCCOC(=O)Nc1cccc(NC(=O)/C=C/c2cc3ccccc3o2)c1. The summed E-state index contributed by atoms with van der Waals surface area (Å²) in [7, 11) is 1.52. The first-order chi connectivity index (χ1) is 13.6. The van der Waals surface area contributed by atoms with Crippen LogP contribution >= 0.6 is 0 Å². The lowest BCUT2D eigenvalue weighted by Gasteiger charge is -2.08. The van der Waals surface area contributed by atoms with Gasteiger partial charge >= 0.3 is 6.09 Å². The number of hydrogen-bond donors (Lipinski definition) is 2. The van der Waals surface area contributed by atoms with Crippen molar-refractivity contribution in [1.82, 2.24) is 0 Å². The molecular weight excluding hydrogens is 360 g/mol. The summed E-state index contributed by atoms with van der Waals surface area (Å²) in [5, 5.41) is 6.29. The van der Waals surface area contributed by atoms with E-state index in [9.17, 15) is 9.59 Å². The Morgan fingerprint density at radius 3 is 2.57 bits per heavy atom. The van der Waals surface area contributed by atoms with Crippen LogP contribution in [0.3, 0.4) is 0 Å². The number of fused-ring (bicyclic) bond motifs is 1. The Balaban J connectivity index is 1.57. The lowest BCUT2D eigenvalue weighted by atomic mass is 10.2. The normalized spacial score (nSPS) is 10.9. The van der Waals surface area contributed by atoms with Crippen molar-refractivity contribution >= 4 is 40.4 Å². The number of hydrogen-bond acceptors (Lipinski definition) is 5. The maximum absolute atomic E-state index is 12.1. The molecule has 0 saturated heterocycles. The van der Waals surface area contributed by atoms with Gasteiger partial charge in [-0.3, -0.25) is 10.1 Å². The van der Waals surface area contributed by atoms with Crippen LogP contribution in [0.5, 0.6) is 0 Å². The van der Waals surface area contributed by atoms with Crippen molar-refractivity contribution in [2.75, 3.05) is 31.0 Å². The Hall–Kier alpha value is -3.58. The number of ether oxygens (including phenoxy) is 2. The van der Waals surface area contributed by atoms with Crippen LogP contribution in [0.4, 0.5) is 16.2 Å². The van der Waals surface area contributed by atoms with Gasteiger partial charge in [0.1, 0.15) is 18.0 Å². The minimum Gasteiger partial charge on any atom is -0.457 e. The number of para-hydroxylation sites is 1. The Morgan fingerprint density at radius 2 is 1.79 bits per heavy atom. The molecule has 0 radical (unpaired) electrons. The third-order valence-corrected chi connectivity index (χ3v) is 3.74. The van der Waals surface area contributed by atoms with Gasteiger partial charge in [0.15, 0.2) is 0 Å². The van der Waals surface area contributed by atoms with Crippen LogP contribution in [0, 0.1) is 0 Å². The molecule has 3 aromatic rings. The zero-order valence-corrected chi connectivity index (χ0v) is 15.3. The number of anilines is 2. The minimum absolute atomic E-state index is 0.158. The summed E-state index contributed by atoms with van der Waals surface area (Å²) in [5.74, 6) is 0.269. The molecule has 0 fully saturated rings. The van der Waals surface area contributed by atoms with E-state index in [2.05, 4.69) is 10.6 Å². The highest BCUT2D eigenvalue weighted by Gasteiger charge is 2.05. The van der Waals surface area contributed by atoms with Crippen LogP contribution in [-0.4, -0.2) is 32.3 Å². The first-order valence-electron chi connectivity index (χ1n) is 8.64. The summed E-state index contributed by atoms with van der Waals surface area (Å²) < 4.78 is 15.4. The zero-order valence-electron chi connectivity index (χ0n) is 15.3. The summed E-state index contributed by atoms with van der Waals surface area (Å²) >= 11 is 0. The summed E-state index contributed by atoms with van der Waals surface area (Å²) in [6.45, 7) is 0.479. The third kappa shape index (κ3) is 5.46. The van der Waals surface area contributed by atoms with E-state index in [4.69, 9.17) is 13.9 Å². The van der Waals surface area contributed by atoms with E-state index in [-0.39, 0.29) is 12.5 Å². The molecule has 1 aromatic heterocycles. The Kier molecular flexibility index (Phi) is 6.43. The first-order valence-corrected chi connectivity index (χ1v) is 8.64. The molecule has 0 aliphatic heterocycles. The highest BCUT2D eigenvalue weighted by molar-refractivity contribution is 6.02. The van der Waals surface area contributed by atoms with Gasteiger partial charge in [0.05, 0.1) is 6.61 Å². The van der Waals surface area contributed by atoms with Gasteiger partial charge in [-0.25, -0.2) is 4.79 Å². The van der Waals surface area contributed by atoms with Crippen LogP contribution in [0.25, 0.3) is 17.0 Å². The van der Waals surface area contributed by atoms with Crippen molar-refractivity contribution in [3.8, 4) is 0 Å². The number of carbonyl (C=O) groups excluding carboxylic acids is 2. The molecule has 7 heteroatoms. The number of nitrogens with one attached hydrogen (secondary N) is 2. The van der Waals surface area contributed by atoms with E-state index in [1.165, 1.54) is 13.2 Å². The quantitative estimate of drug-likeness (QED) is 0.472. The Labute approximate surface area is 161 Å². The van der Waals surface area contributed by atoms with Gasteiger partial charge < -0.3 is 19.2 Å². The number of carbonyl (C=O) groups is 2. The highest BCUT2D eigenvalue weighted by atomic mass is 16.6. The molecule has 2 N–H and O–H groups in total. The molecule has 28 heavy (non-hydrogen) atoms. The van der Waals surface area contributed by atoms with Crippen molar-refractivity contribution in [2.45, 2.75) is 0 Å². The molecular formula is C21H20N2O5. The van der Waals surface area contributed by atoms with E-state index >= 15 is 0 Å². The second kappa shape index (κ2) is 9.38. The van der Waals surface area contributed by atoms with Gasteiger partial charge in [0.25, 0.3) is 0 Å². The van der Waals surface area contributed by atoms with Crippen molar-refractivity contribution in [2.24, 2.45) is 0 Å². The molecule has 144 valence electrons. The molecule has 0 aliphatic rings. The van der Waals surface area contributed by atoms with Gasteiger partial charge in [-0.1, -0.05) is 24.3 Å². The van der Waals surface area contributed by atoms with E-state index in [1.807, 2.05) is 30.3 Å². The molecule has 2 amide bonds. The van der Waals surface area contributed by atoms with Gasteiger partial charge in [0.2, 0.25) is 5.91 Å². The van der Waals surface area contributed by atoms with Gasteiger partial charge in [0, 0.05) is 29.9 Å². The Bertz CT molecular complexity index is 960. The number of methoxy groups -OCH3 is 1. The summed E-state index contributed by atoms with van der Waals surface area (Å²) in [4.78, 5) is 23.8. The standard InChI is InChI=1S/C21H20N2O5/c1-26-11-12-27-21(25)23-17-7-4-6-16(14-17)22-20(24)10-9-18-13-15-5-2-3-8-19(15)28-18/h2-10,13-14H,11-12H2,1H3,(H,22,24)(H,23,25)/b10-9+. The molecule has 2 aromatic carbocycles.